The predicted octanol–water partition coefficient (Wildman–Crippen LogP) is 1.99. The van der Waals surface area contributed by atoms with Crippen molar-refractivity contribution in [1.82, 2.24) is 4.98 Å². The maximum Gasteiger partial charge on any atom is 0.122 e. The first kappa shape index (κ1) is 10.1. The second kappa shape index (κ2) is 3.95. The minimum atomic E-state index is 0.670. The molecule has 3 heteroatoms. The average Bonchev–Trinajstić information content (AvgIpc) is 2.64. The van der Waals surface area contributed by atoms with E-state index in [1.165, 1.54) is 16.5 Å². The molecule has 0 unspecified atom stereocenters. The lowest BCUT2D eigenvalue weighted by Gasteiger charge is -2.06. The molecule has 2 rings (SSSR count). The van der Waals surface area contributed by atoms with E-state index in [9.17, 15) is 0 Å². The van der Waals surface area contributed by atoms with Gasteiger partial charge in [0.15, 0.2) is 0 Å². The van der Waals surface area contributed by atoms with Crippen LogP contribution in [-0.4, -0.2) is 18.6 Å². The Kier molecular flexibility index (Phi) is 2.64. The Morgan fingerprint density at radius 3 is 2.87 bits per heavy atom. The summed E-state index contributed by atoms with van der Waals surface area (Å²) in [6.45, 7) is 2.75. The number of aromatic nitrogens is 1. The number of hydrogen-bond donors (Lipinski definition) is 2. The Balaban J connectivity index is 2.65. The molecule has 0 amide bonds. The smallest absolute Gasteiger partial charge is 0.122 e. The average molecular weight is 204 g/mol. The third-order valence-corrected chi connectivity index (χ3v) is 2.77. The van der Waals surface area contributed by atoms with E-state index in [4.69, 9.17) is 10.5 Å². The van der Waals surface area contributed by atoms with Gasteiger partial charge in [-0.15, -0.1) is 0 Å². The number of benzene rings is 1. The summed E-state index contributed by atoms with van der Waals surface area (Å²) in [6.07, 6.45) is 2.93. The number of rotatable bonds is 3. The minimum Gasteiger partial charge on any atom is -0.496 e. The summed E-state index contributed by atoms with van der Waals surface area (Å²) in [4.78, 5) is 3.25. The number of hydrogen-bond acceptors (Lipinski definition) is 2. The summed E-state index contributed by atoms with van der Waals surface area (Å²) in [7, 11) is 1.70. The van der Waals surface area contributed by atoms with E-state index in [2.05, 4.69) is 11.9 Å². The van der Waals surface area contributed by atoms with Crippen molar-refractivity contribution in [1.29, 1.82) is 0 Å². The number of aromatic amines is 1. The largest absolute Gasteiger partial charge is 0.496 e. The molecule has 0 atom stereocenters. The van der Waals surface area contributed by atoms with Gasteiger partial charge in [-0.3, -0.25) is 0 Å². The molecule has 0 saturated heterocycles. The zero-order valence-electron chi connectivity index (χ0n) is 9.13. The molecule has 0 aliphatic carbocycles. The van der Waals surface area contributed by atoms with Crippen molar-refractivity contribution < 1.29 is 4.74 Å². The van der Waals surface area contributed by atoms with Gasteiger partial charge < -0.3 is 15.5 Å². The summed E-state index contributed by atoms with van der Waals surface area (Å²) in [6, 6.07) is 4.03. The van der Waals surface area contributed by atoms with Crippen LogP contribution in [-0.2, 0) is 6.42 Å². The van der Waals surface area contributed by atoms with E-state index in [0.29, 0.717) is 6.54 Å². The quantitative estimate of drug-likeness (QED) is 0.803. The molecule has 0 aliphatic heterocycles. The zero-order chi connectivity index (χ0) is 10.8. The Hall–Kier alpha value is -1.48. The molecule has 15 heavy (non-hydrogen) atoms. The molecule has 0 spiro atoms. The standard InChI is InChI=1S/C12H16N2O/c1-8-11(15-2)4-3-10-12(8)9(5-6-13)7-14-10/h3-4,7,14H,5-6,13H2,1-2H3. The van der Waals surface area contributed by atoms with Gasteiger partial charge in [0.05, 0.1) is 7.11 Å². The monoisotopic (exact) mass is 204 g/mol. The molecule has 80 valence electrons. The van der Waals surface area contributed by atoms with Crippen molar-refractivity contribution >= 4 is 10.9 Å². The summed E-state index contributed by atoms with van der Waals surface area (Å²) in [5.74, 6) is 0.931. The van der Waals surface area contributed by atoms with Crippen molar-refractivity contribution in [3.05, 3.63) is 29.5 Å². The van der Waals surface area contributed by atoms with E-state index in [1.54, 1.807) is 7.11 Å². The van der Waals surface area contributed by atoms with Gasteiger partial charge in [-0.1, -0.05) is 0 Å². The maximum atomic E-state index is 5.59. The van der Waals surface area contributed by atoms with E-state index in [-0.39, 0.29) is 0 Å². The third-order valence-electron chi connectivity index (χ3n) is 2.77. The van der Waals surface area contributed by atoms with Crippen LogP contribution in [0.15, 0.2) is 18.3 Å². The highest BCUT2D eigenvalue weighted by Gasteiger charge is 2.09. The van der Waals surface area contributed by atoms with Crippen LogP contribution >= 0.6 is 0 Å². The van der Waals surface area contributed by atoms with Crippen molar-refractivity contribution in [2.45, 2.75) is 13.3 Å². The first-order valence-electron chi connectivity index (χ1n) is 5.11. The van der Waals surface area contributed by atoms with Crippen LogP contribution in [0.4, 0.5) is 0 Å². The highest BCUT2D eigenvalue weighted by atomic mass is 16.5. The number of H-pyrrole nitrogens is 1. The number of ether oxygens (including phenoxy) is 1. The second-order valence-corrected chi connectivity index (χ2v) is 3.67. The van der Waals surface area contributed by atoms with E-state index in [1.807, 2.05) is 18.3 Å². The van der Waals surface area contributed by atoms with Crippen LogP contribution < -0.4 is 10.5 Å². The van der Waals surface area contributed by atoms with Crippen LogP contribution in [0.5, 0.6) is 5.75 Å². The summed E-state index contributed by atoms with van der Waals surface area (Å²) < 4.78 is 5.31. The van der Waals surface area contributed by atoms with Gasteiger partial charge in [0.2, 0.25) is 0 Å². The van der Waals surface area contributed by atoms with Crippen LogP contribution in [0.2, 0.25) is 0 Å². The lowest BCUT2D eigenvalue weighted by atomic mass is 10.0. The molecule has 2 aromatic rings. The summed E-state index contributed by atoms with van der Waals surface area (Å²) >= 11 is 0. The van der Waals surface area contributed by atoms with E-state index in [0.717, 1.165) is 17.7 Å². The third kappa shape index (κ3) is 1.59. The Morgan fingerprint density at radius 2 is 2.20 bits per heavy atom. The van der Waals surface area contributed by atoms with Crippen LogP contribution in [0, 0.1) is 6.92 Å². The fourth-order valence-electron chi connectivity index (χ4n) is 2.04. The normalized spacial score (nSPS) is 10.9. The van der Waals surface area contributed by atoms with Gasteiger partial charge in [0, 0.05) is 22.7 Å². The van der Waals surface area contributed by atoms with Crippen LogP contribution in [0.3, 0.4) is 0 Å². The lowest BCUT2D eigenvalue weighted by Crippen LogP contribution is -2.02. The van der Waals surface area contributed by atoms with Crippen molar-refractivity contribution in [3.63, 3.8) is 0 Å². The van der Waals surface area contributed by atoms with Gasteiger partial charge in [0.1, 0.15) is 5.75 Å². The number of nitrogens with two attached hydrogens (primary N) is 1. The molecule has 1 aromatic carbocycles. The lowest BCUT2D eigenvalue weighted by molar-refractivity contribution is 0.412. The molecule has 0 bridgehead atoms. The van der Waals surface area contributed by atoms with Crippen LogP contribution in [0.1, 0.15) is 11.1 Å². The number of aryl methyl sites for hydroxylation is 1. The molecule has 3 N–H and O–H groups in total. The minimum absolute atomic E-state index is 0.670. The highest BCUT2D eigenvalue weighted by molar-refractivity contribution is 5.88. The molecule has 0 saturated carbocycles. The molecule has 1 aromatic heterocycles. The second-order valence-electron chi connectivity index (χ2n) is 3.67. The van der Waals surface area contributed by atoms with Crippen LogP contribution in [0.25, 0.3) is 10.9 Å². The molecule has 0 aliphatic rings. The Labute approximate surface area is 89.2 Å². The highest BCUT2D eigenvalue weighted by Crippen LogP contribution is 2.29. The fourth-order valence-corrected chi connectivity index (χ4v) is 2.04. The molecule has 0 radical (unpaired) electrons. The van der Waals surface area contributed by atoms with Crippen molar-refractivity contribution in [3.8, 4) is 5.75 Å². The van der Waals surface area contributed by atoms with Gasteiger partial charge >= 0.3 is 0 Å². The fraction of sp³-hybridized carbons (Fsp3) is 0.333. The SMILES string of the molecule is COc1ccc2[nH]cc(CCN)c2c1C. The van der Waals surface area contributed by atoms with Crippen molar-refractivity contribution in [2.75, 3.05) is 13.7 Å². The first-order chi connectivity index (χ1) is 7.27. The molecular formula is C12H16N2O. The molecular weight excluding hydrogens is 188 g/mol. The van der Waals surface area contributed by atoms with E-state index < -0.39 is 0 Å². The van der Waals surface area contributed by atoms with E-state index >= 15 is 0 Å². The number of nitrogens with one attached hydrogen (secondary N) is 1. The summed E-state index contributed by atoms with van der Waals surface area (Å²) in [5.41, 5.74) is 9.18. The summed E-state index contributed by atoms with van der Waals surface area (Å²) in [5, 5.41) is 1.25. The Bertz CT molecular complexity index is 474. The predicted molar refractivity (Wildman–Crippen MR) is 62.3 cm³/mol. The topological polar surface area (TPSA) is 51.0 Å². The number of methoxy groups -OCH3 is 1. The zero-order valence-corrected chi connectivity index (χ0v) is 9.13. The molecule has 1 heterocycles. The van der Waals surface area contributed by atoms with Gasteiger partial charge in [-0.05, 0) is 37.6 Å². The molecule has 3 nitrogen and oxygen atoms in total. The number of fused-ring (bicyclic) bond motifs is 1. The van der Waals surface area contributed by atoms with Gasteiger partial charge in [-0.25, -0.2) is 0 Å². The maximum absolute atomic E-state index is 5.59. The van der Waals surface area contributed by atoms with Crippen molar-refractivity contribution in [2.24, 2.45) is 5.73 Å². The first-order valence-corrected chi connectivity index (χ1v) is 5.11. The van der Waals surface area contributed by atoms with Gasteiger partial charge in [-0.2, -0.15) is 0 Å². The molecule has 0 fully saturated rings. The van der Waals surface area contributed by atoms with Gasteiger partial charge in [0.25, 0.3) is 0 Å². The Morgan fingerprint density at radius 1 is 1.40 bits per heavy atom.